The molecule has 21 heavy (non-hydrogen) atoms. The molecular formula is C16H23NO4. The molecule has 0 heterocycles. The Bertz CT molecular complexity index is 481. The van der Waals surface area contributed by atoms with Crippen molar-refractivity contribution >= 4 is 5.91 Å². The van der Waals surface area contributed by atoms with Crippen LogP contribution in [0.3, 0.4) is 0 Å². The third-order valence-electron chi connectivity index (χ3n) is 3.75. The maximum Gasteiger partial charge on any atom is 0.258 e. The van der Waals surface area contributed by atoms with E-state index in [4.69, 9.17) is 9.47 Å². The molecule has 0 saturated heterocycles. The second kappa shape index (κ2) is 7.31. The normalized spacial score (nSPS) is 16.5. The first-order chi connectivity index (χ1) is 10.1. The van der Waals surface area contributed by atoms with Crippen molar-refractivity contribution in [3.8, 4) is 11.5 Å². The molecule has 1 fully saturated rings. The average Bonchev–Trinajstić information content (AvgIpc) is 2.97. The van der Waals surface area contributed by atoms with Crippen molar-refractivity contribution < 1.29 is 19.4 Å². The first-order valence-corrected chi connectivity index (χ1v) is 7.38. The van der Waals surface area contributed by atoms with Gasteiger partial charge in [-0.25, -0.2) is 0 Å². The summed E-state index contributed by atoms with van der Waals surface area (Å²) in [5.74, 6) is 0.911. The summed E-state index contributed by atoms with van der Waals surface area (Å²) in [6, 6.07) is 5.48. The molecular weight excluding hydrogens is 270 g/mol. The number of rotatable bonds is 6. The van der Waals surface area contributed by atoms with Crippen LogP contribution in [0, 0.1) is 0 Å². The highest BCUT2D eigenvalue weighted by molar-refractivity contribution is 5.78. The minimum Gasteiger partial charge on any atom is -0.493 e. The van der Waals surface area contributed by atoms with Crippen LogP contribution < -0.4 is 14.8 Å². The molecule has 2 N–H and O–H groups in total. The summed E-state index contributed by atoms with van der Waals surface area (Å²) >= 11 is 0. The monoisotopic (exact) mass is 293 g/mol. The molecule has 0 aliphatic heterocycles. The predicted molar refractivity (Wildman–Crippen MR) is 79.5 cm³/mol. The number of carbonyl (C=O) groups excluding carboxylic acids is 1. The standard InChI is InChI=1S/C16H23NO4/c1-11(18)12-7-8-14(15(9-12)20-2)21-10-16(19)17-13-5-3-4-6-13/h7-9,11,13,18H,3-6,10H2,1-2H3,(H,17,19)/t11-/m0/s1. The van der Waals surface area contributed by atoms with Crippen molar-refractivity contribution in [2.45, 2.75) is 44.8 Å². The SMILES string of the molecule is COc1cc([C@H](C)O)ccc1OCC(=O)NC1CCCC1. The van der Waals surface area contributed by atoms with Crippen molar-refractivity contribution in [3.63, 3.8) is 0 Å². The van der Waals surface area contributed by atoms with E-state index in [1.165, 1.54) is 20.0 Å². The van der Waals surface area contributed by atoms with E-state index >= 15 is 0 Å². The number of amides is 1. The quantitative estimate of drug-likeness (QED) is 0.843. The van der Waals surface area contributed by atoms with E-state index in [1.807, 2.05) is 0 Å². The lowest BCUT2D eigenvalue weighted by Gasteiger charge is -2.15. The Hall–Kier alpha value is -1.75. The average molecular weight is 293 g/mol. The topological polar surface area (TPSA) is 67.8 Å². The van der Waals surface area contributed by atoms with Crippen LogP contribution in [0.4, 0.5) is 0 Å². The van der Waals surface area contributed by atoms with E-state index in [0.29, 0.717) is 17.5 Å². The van der Waals surface area contributed by atoms with E-state index in [1.54, 1.807) is 25.1 Å². The van der Waals surface area contributed by atoms with Crippen molar-refractivity contribution in [2.75, 3.05) is 13.7 Å². The Morgan fingerprint density at radius 2 is 2.10 bits per heavy atom. The summed E-state index contributed by atoms with van der Waals surface area (Å²) in [5, 5.41) is 12.5. The second-order valence-corrected chi connectivity index (χ2v) is 5.42. The Morgan fingerprint density at radius 1 is 1.38 bits per heavy atom. The van der Waals surface area contributed by atoms with Crippen molar-refractivity contribution in [1.82, 2.24) is 5.32 Å². The summed E-state index contributed by atoms with van der Waals surface area (Å²) in [5.41, 5.74) is 0.745. The van der Waals surface area contributed by atoms with Gasteiger partial charge in [-0.2, -0.15) is 0 Å². The number of hydrogen-bond acceptors (Lipinski definition) is 4. The molecule has 116 valence electrons. The molecule has 0 unspecified atom stereocenters. The smallest absolute Gasteiger partial charge is 0.258 e. The third-order valence-corrected chi connectivity index (χ3v) is 3.75. The van der Waals surface area contributed by atoms with Gasteiger partial charge >= 0.3 is 0 Å². The van der Waals surface area contributed by atoms with Gasteiger partial charge in [-0.1, -0.05) is 18.9 Å². The molecule has 1 atom stereocenters. The Kier molecular flexibility index (Phi) is 5.44. The van der Waals surface area contributed by atoms with Crippen LogP contribution in [0.15, 0.2) is 18.2 Å². The van der Waals surface area contributed by atoms with Crippen LogP contribution in [0.5, 0.6) is 11.5 Å². The zero-order chi connectivity index (χ0) is 15.2. The number of aliphatic hydroxyl groups is 1. The fraction of sp³-hybridized carbons (Fsp3) is 0.562. The van der Waals surface area contributed by atoms with Crippen LogP contribution in [-0.2, 0) is 4.79 Å². The van der Waals surface area contributed by atoms with Gasteiger partial charge in [0.25, 0.3) is 5.91 Å². The number of aliphatic hydroxyl groups excluding tert-OH is 1. The predicted octanol–water partition coefficient (Wildman–Crippen LogP) is 2.19. The molecule has 5 heteroatoms. The van der Waals surface area contributed by atoms with Gasteiger partial charge < -0.3 is 19.9 Å². The summed E-state index contributed by atoms with van der Waals surface area (Å²) in [6.45, 7) is 1.66. The fourth-order valence-electron chi connectivity index (χ4n) is 2.55. The molecule has 1 saturated carbocycles. The highest BCUT2D eigenvalue weighted by Gasteiger charge is 2.17. The number of carbonyl (C=O) groups is 1. The van der Waals surface area contributed by atoms with Gasteiger partial charge in [0.2, 0.25) is 0 Å². The maximum absolute atomic E-state index is 11.8. The molecule has 1 aromatic carbocycles. The molecule has 5 nitrogen and oxygen atoms in total. The lowest BCUT2D eigenvalue weighted by atomic mass is 10.1. The highest BCUT2D eigenvalue weighted by atomic mass is 16.5. The molecule has 0 aromatic heterocycles. The van der Waals surface area contributed by atoms with Crippen LogP contribution in [0.2, 0.25) is 0 Å². The molecule has 1 aliphatic rings. The van der Waals surface area contributed by atoms with Crippen LogP contribution >= 0.6 is 0 Å². The lowest BCUT2D eigenvalue weighted by molar-refractivity contribution is -0.123. The van der Waals surface area contributed by atoms with E-state index in [0.717, 1.165) is 18.4 Å². The fourth-order valence-corrected chi connectivity index (χ4v) is 2.55. The third kappa shape index (κ3) is 4.36. The molecule has 1 aliphatic carbocycles. The van der Waals surface area contributed by atoms with Crippen LogP contribution in [0.25, 0.3) is 0 Å². The number of ether oxygens (including phenoxy) is 2. The van der Waals surface area contributed by atoms with Gasteiger partial charge in [0.05, 0.1) is 13.2 Å². The minimum atomic E-state index is -0.571. The molecule has 2 rings (SSSR count). The molecule has 0 spiro atoms. The molecule has 0 radical (unpaired) electrons. The van der Waals surface area contributed by atoms with E-state index in [-0.39, 0.29) is 12.5 Å². The van der Waals surface area contributed by atoms with E-state index < -0.39 is 6.10 Å². The van der Waals surface area contributed by atoms with Crippen molar-refractivity contribution in [1.29, 1.82) is 0 Å². The van der Waals surface area contributed by atoms with Crippen LogP contribution in [0.1, 0.15) is 44.3 Å². The molecule has 0 bridgehead atoms. The number of benzene rings is 1. The second-order valence-electron chi connectivity index (χ2n) is 5.42. The summed E-state index contributed by atoms with van der Waals surface area (Å²) in [6.07, 6.45) is 3.90. The van der Waals surface area contributed by atoms with Gasteiger partial charge in [0.15, 0.2) is 18.1 Å². The molecule has 1 amide bonds. The number of hydrogen-bond donors (Lipinski definition) is 2. The number of nitrogens with one attached hydrogen (secondary N) is 1. The Morgan fingerprint density at radius 3 is 2.71 bits per heavy atom. The van der Waals surface area contributed by atoms with Gasteiger partial charge in [-0.3, -0.25) is 4.79 Å². The maximum atomic E-state index is 11.8. The molecule has 1 aromatic rings. The highest BCUT2D eigenvalue weighted by Crippen LogP contribution is 2.30. The van der Waals surface area contributed by atoms with Gasteiger partial charge in [-0.05, 0) is 37.5 Å². The van der Waals surface area contributed by atoms with E-state index in [2.05, 4.69) is 5.32 Å². The van der Waals surface area contributed by atoms with Crippen LogP contribution in [-0.4, -0.2) is 30.8 Å². The first-order valence-electron chi connectivity index (χ1n) is 7.38. The Balaban J connectivity index is 1.91. The van der Waals surface area contributed by atoms with Gasteiger partial charge in [0, 0.05) is 6.04 Å². The largest absolute Gasteiger partial charge is 0.493 e. The zero-order valence-electron chi connectivity index (χ0n) is 12.6. The lowest BCUT2D eigenvalue weighted by Crippen LogP contribution is -2.36. The summed E-state index contributed by atoms with van der Waals surface area (Å²) in [7, 11) is 1.53. The van der Waals surface area contributed by atoms with Crippen molar-refractivity contribution in [2.24, 2.45) is 0 Å². The summed E-state index contributed by atoms with van der Waals surface area (Å²) < 4.78 is 10.8. The van der Waals surface area contributed by atoms with E-state index in [9.17, 15) is 9.90 Å². The van der Waals surface area contributed by atoms with Gasteiger partial charge in [-0.15, -0.1) is 0 Å². The minimum absolute atomic E-state index is 0.0269. The first kappa shape index (κ1) is 15.6. The number of methoxy groups -OCH3 is 1. The van der Waals surface area contributed by atoms with Gasteiger partial charge in [0.1, 0.15) is 0 Å². The zero-order valence-corrected chi connectivity index (χ0v) is 12.6. The van der Waals surface area contributed by atoms with Crippen molar-refractivity contribution in [3.05, 3.63) is 23.8 Å². The Labute approximate surface area is 125 Å². The summed E-state index contributed by atoms with van der Waals surface area (Å²) in [4.78, 5) is 11.8.